The van der Waals surface area contributed by atoms with E-state index in [0.717, 1.165) is 0 Å². The lowest BCUT2D eigenvalue weighted by molar-refractivity contribution is 0.101. The molecule has 1 aliphatic rings. The molecular weight excluding hydrogens is 463 g/mol. The first-order valence-corrected chi connectivity index (χ1v) is 10.7. The minimum absolute atomic E-state index is 0.138. The van der Waals surface area contributed by atoms with Crippen LogP contribution in [0.1, 0.15) is 27.0 Å². The SMILES string of the molecule is COc1cc(/C=C2\Oc3cc(OCc4ccc(F)cc4Cl)cc(C)c3C2=O)cc(OC)c1OC. The molecule has 0 saturated heterocycles. The van der Waals surface area contributed by atoms with Crippen molar-refractivity contribution >= 4 is 23.5 Å². The maximum atomic E-state index is 13.3. The molecule has 4 rings (SSSR count). The number of Topliss-reactive ketones (excluding diaryl/α,β-unsaturated/α-hetero) is 1. The fourth-order valence-corrected chi connectivity index (χ4v) is 3.92. The molecule has 0 aliphatic carbocycles. The lowest BCUT2D eigenvalue weighted by Crippen LogP contribution is -2.01. The van der Waals surface area contributed by atoms with Gasteiger partial charge in [-0.25, -0.2) is 4.39 Å². The summed E-state index contributed by atoms with van der Waals surface area (Å²) in [7, 11) is 4.56. The van der Waals surface area contributed by atoms with Gasteiger partial charge in [-0.15, -0.1) is 0 Å². The monoisotopic (exact) mass is 484 g/mol. The second-order valence-corrected chi connectivity index (χ2v) is 7.94. The summed E-state index contributed by atoms with van der Waals surface area (Å²) in [6, 6.07) is 11.0. The molecule has 0 saturated carbocycles. The quantitative estimate of drug-likeness (QED) is 0.383. The number of hydrogen-bond acceptors (Lipinski definition) is 6. The molecule has 3 aromatic carbocycles. The third kappa shape index (κ3) is 4.52. The lowest BCUT2D eigenvalue weighted by Gasteiger charge is -2.13. The standard InChI is InChI=1S/C26H22ClFO6/c1-14-7-18(33-13-16-5-6-17(28)11-19(16)27)12-20-24(14)25(29)21(34-20)8-15-9-22(30-2)26(32-4)23(10-15)31-3/h5-12H,13H2,1-4H3/b21-8-. The van der Waals surface area contributed by atoms with E-state index >= 15 is 0 Å². The van der Waals surface area contributed by atoms with Crippen LogP contribution in [0.2, 0.25) is 5.02 Å². The van der Waals surface area contributed by atoms with Crippen LogP contribution in [-0.2, 0) is 6.61 Å². The number of aryl methyl sites for hydroxylation is 1. The molecule has 0 aromatic heterocycles. The molecule has 176 valence electrons. The fourth-order valence-electron chi connectivity index (χ4n) is 3.70. The van der Waals surface area contributed by atoms with E-state index in [1.807, 2.05) is 0 Å². The predicted octanol–water partition coefficient (Wildman–Crippen LogP) is 6.01. The van der Waals surface area contributed by atoms with E-state index in [2.05, 4.69) is 0 Å². The van der Waals surface area contributed by atoms with Gasteiger partial charge in [0.25, 0.3) is 0 Å². The molecule has 0 N–H and O–H groups in total. The van der Waals surface area contributed by atoms with Crippen LogP contribution >= 0.6 is 11.6 Å². The van der Waals surface area contributed by atoms with E-state index in [-0.39, 0.29) is 23.2 Å². The average molecular weight is 485 g/mol. The Balaban J connectivity index is 1.60. The van der Waals surface area contributed by atoms with Gasteiger partial charge < -0.3 is 23.7 Å². The summed E-state index contributed by atoms with van der Waals surface area (Å²) < 4.78 is 41.1. The van der Waals surface area contributed by atoms with Crippen molar-refractivity contribution in [3.63, 3.8) is 0 Å². The summed E-state index contributed by atoms with van der Waals surface area (Å²) in [5.74, 6) is 1.77. The maximum Gasteiger partial charge on any atom is 0.232 e. The van der Waals surface area contributed by atoms with Gasteiger partial charge in [0, 0.05) is 11.6 Å². The molecule has 8 heteroatoms. The van der Waals surface area contributed by atoms with Crippen LogP contribution in [0.3, 0.4) is 0 Å². The van der Waals surface area contributed by atoms with Gasteiger partial charge in [-0.2, -0.15) is 0 Å². The average Bonchev–Trinajstić information content (AvgIpc) is 3.13. The molecule has 1 heterocycles. The first-order chi connectivity index (χ1) is 16.3. The van der Waals surface area contributed by atoms with Crippen molar-refractivity contribution in [3.05, 3.63) is 81.3 Å². The molecule has 3 aromatic rings. The van der Waals surface area contributed by atoms with Crippen molar-refractivity contribution in [3.8, 4) is 28.7 Å². The molecule has 0 radical (unpaired) electrons. The van der Waals surface area contributed by atoms with Gasteiger partial charge >= 0.3 is 0 Å². The van der Waals surface area contributed by atoms with E-state index < -0.39 is 5.82 Å². The van der Waals surface area contributed by atoms with Gasteiger partial charge in [0.2, 0.25) is 11.5 Å². The van der Waals surface area contributed by atoms with Crippen molar-refractivity contribution in [1.29, 1.82) is 0 Å². The molecule has 0 unspecified atom stereocenters. The molecule has 0 fully saturated rings. The number of ether oxygens (including phenoxy) is 5. The Morgan fingerprint density at radius 1 is 1.00 bits per heavy atom. The highest BCUT2D eigenvalue weighted by molar-refractivity contribution is 6.31. The smallest absolute Gasteiger partial charge is 0.232 e. The van der Waals surface area contributed by atoms with Crippen LogP contribution < -0.4 is 23.7 Å². The zero-order valence-corrected chi connectivity index (χ0v) is 19.8. The molecule has 0 spiro atoms. The summed E-state index contributed by atoms with van der Waals surface area (Å²) in [6.45, 7) is 1.94. The highest BCUT2D eigenvalue weighted by Crippen LogP contribution is 2.41. The predicted molar refractivity (Wildman–Crippen MR) is 126 cm³/mol. The molecule has 0 amide bonds. The Bertz CT molecular complexity index is 1280. The van der Waals surface area contributed by atoms with E-state index in [1.54, 1.807) is 43.3 Å². The van der Waals surface area contributed by atoms with E-state index in [9.17, 15) is 9.18 Å². The van der Waals surface area contributed by atoms with Crippen LogP contribution in [-0.4, -0.2) is 27.1 Å². The number of rotatable bonds is 7. The number of halogens is 2. The molecule has 0 bridgehead atoms. The van der Waals surface area contributed by atoms with Crippen molar-refractivity contribution in [1.82, 2.24) is 0 Å². The number of methoxy groups -OCH3 is 3. The maximum absolute atomic E-state index is 13.3. The molecule has 6 nitrogen and oxygen atoms in total. The Morgan fingerprint density at radius 3 is 2.32 bits per heavy atom. The van der Waals surface area contributed by atoms with Gasteiger partial charge in [0.05, 0.1) is 31.9 Å². The Morgan fingerprint density at radius 2 is 1.71 bits per heavy atom. The second-order valence-electron chi connectivity index (χ2n) is 7.54. The van der Waals surface area contributed by atoms with Crippen LogP contribution in [0.25, 0.3) is 6.08 Å². The van der Waals surface area contributed by atoms with Gasteiger partial charge in [-0.1, -0.05) is 17.7 Å². The second kappa shape index (κ2) is 9.65. The molecule has 34 heavy (non-hydrogen) atoms. The van der Waals surface area contributed by atoms with Crippen molar-refractivity contribution in [2.75, 3.05) is 21.3 Å². The third-order valence-electron chi connectivity index (χ3n) is 5.34. The summed E-state index contributed by atoms with van der Waals surface area (Å²) in [6.07, 6.45) is 1.62. The number of carbonyl (C=O) groups excluding carboxylic acids is 1. The highest BCUT2D eigenvalue weighted by Gasteiger charge is 2.30. The molecule has 0 atom stereocenters. The van der Waals surface area contributed by atoms with E-state index in [1.165, 1.54) is 33.5 Å². The van der Waals surface area contributed by atoms with Crippen molar-refractivity contribution < 1.29 is 32.9 Å². The number of carbonyl (C=O) groups is 1. The lowest BCUT2D eigenvalue weighted by atomic mass is 10.0. The van der Waals surface area contributed by atoms with Crippen LogP contribution in [0.5, 0.6) is 28.7 Å². The fraction of sp³-hybridized carbons (Fsp3) is 0.192. The minimum Gasteiger partial charge on any atom is -0.493 e. The summed E-state index contributed by atoms with van der Waals surface area (Å²) in [4.78, 5) is 13.0. The number of hydrogen-bond donors (Lipinski definition) is 0. The Labute approximate surface area is 201 Å². The van der Waals surface area contributed by atoms with Gasteiger partial charge in [0.1, 0.15) is 23.9 Å². The topological polar surface area (TPSA) is 63.2 Å². The molecule has 1 aliphatic heterocycles. The number of allylic oxidation sites excluding steroid dienone is 1. The van der Waals surface area contributed by atoms with Crippen LogP contribution in [0, 0.1) is 12.7 Å². The van der Waals surface area contributed by atoms with Crippen LogP contribution in [0.15, 0.2) is 48.2 Å². The van der Waals surface area contributed by atoms with Gasteiger partial charge in [-0.3, -0.25) is 4.79 Å². The largest absolute Gasteiger partial charge is 0.493 e. The summed E-state index contributed by atoms with van der Waals surface area (Å²) in [5, 5.41) is 0.278. The first kappa shape index (κ1) is 23.4. The third-order valence-corrected chi connectivity index (χ3v) is 5.69. The van der Waals surface area contributed by atoms with E-state index in [0.29, 0.717) is 51.0 Å². The van der Waals surface area contributed by atoms with Gasteiger partial charge in [-0.05, 0) is 54.5 Å². The van der Waals surface area contributed by atoms with Gasteiger partial charge in [0.15, 0.2) is 17.3 Å². The first-order valence-electron chi connectivity index (χ1n) is 10.3. The number of benzene rings is 3. The Kier molecular flexibility index (Phi) is 6.65. The highest BCUT2D eigenvalue weighted by atomic mass is 35.5. The summed E-state index contributed by atoms with van der Waals surface area (Å²) >= 11 is 6.08. The van der Waals surface area contributed by atoms with E-state index in [4.69, 9.17) is 35.3 Å². The summed E-state index contributed by atoms with van der Waals surface area (Å²) in [5.41, 5.74) is 2.45. The molecular formula is C26H22ClFO6. The zero-order valence-electron chi connectivity index (χ0n) is 19.0. The Hall–Kier alpha value is -3.71. The van der Waals surface area contributed by atoms with Crippen molar-refractivity contribution in [2.45, 2.75) is 13.5 Å². The van der Waals surface area contributed by atoms with Crippen molar-refractivity contribution in [2.24, 2.45) is 0 Å². The minimum atomic E-state index is -0.416. The number of ketones is 1. The number of fused-ring (bicyclic) bond motifs is 1. The van der Waals surface area contributed by atoms with Crippen LogP contribution in [0.4, 0.5) is 4.39 Å². The normalized spacial score (nSPS) is 13.5. The zero-order chi connectivity index (χ0) is 24.4.